The normalized spacial score (nSPS) is 25.2. The fourth-order valence-electron chi connectivity index (χ4n) is 3.16. The molecule has 160 valence electrons. The van der Waals surface area contributed by atoms with E-state index < -0.39 is 0 Å². The highest BCUT2D eigenvalue weighted by molar-refractivity contribution is 5.82. The molecule has 4 atom stereocenters. The van der Waals surface area contributed by atoms with Crippen molar-refractivity contribution in [1.29, 1.82) is 0 Å². The molecule has 0 unspecified atom stereocenters. The number of hydrogen-bond acceptors (Lipinski definition) is 6. The van der Waals surface area contributed by atoms with Crippen LogP contribution in [0.15, 0.2) is 48.1 Å². The maximum absolute atomic E-state index is 11.5. The molecular weight excluding hydrogens is 372 g/mol. The third-order valence-corrected chi connectivity index (χ3v) is 4.92. The van der Waals surface area contributed by atoms with Crippen LogP contribution in [-0.2, 0) is 30.3 Å². The van der Waals surface area contributed by atoms with E-state index in [9.17, 15) is 4.79 Å². The van der Waals surface area contributed by atoms with Gasteiger partial charge in [0, 0.05) is 25.5 Å². The zero-order valence-electron chi connectivity index (χ0n) is 17.9. The summed E-state index contributed by atoms with van der Waals surface area (Å²) in [6.07, 6.45) is 5.28. The van der Waals surface area contributed by atoms with Gasteiger partial charge in [-0.25, -0.2) is 4.79 Å². The van der Waals surface area contributed by atoms with Gasteiger partial charge in [-0.2, -0.15) is 0 Å². The Balaban J connectivity index is 2.01. The van der Waals surface area contributed by atoms with Crippen LogP contribution in [0, 0.1) is 5.92 Å². The molecular formula is C23H32O6. The van der Waals surface area contributed by atoms with Crippen LogP contribution < -0.4 is 4.74 Å². The lowest BCUT2D eigenvalue weighted by atomic mass is 9.91. The molecule has 6 nitrogen and oxygen atoms in total. The second-order valence-electron chi connectivity index (χ2n) is 7.05. The summed E-state index contributed by atoms with van der Waals surface area (Å²) >= 11 is 0. The summed E-state index contributed by atoms with van der Waals surface area (Å²) in [4.78, 5) is 11.5. The highest BCUT2D eigenvalue weighted by Gasteiger charge is 2.35. The lowest BCUT2D eigenvalue weighted by Crippen LogP contribution is -2.44. The van der Waals surface area contributed by atoms with Gasteiger partial charge in [0.15, 0.2) is 6.29 Å². The number of ether oxygens (including phenoxy) is 5. The van der Waals surface area contributed by atoms with Crippen molar-refractivity contribution in [3.05, 3.63) is 53.6 Å². The van der Waals surface area contributed by atoms with Gasteiger partial charge in [-0.1, -0.05) is 36.8 Å². The van der Waals surface area contributed by atoms with E-state index in [4.69, 9.17) is 23.7 Å². The Labute approximate surface area is 173 Å². The fourth-order valence-corrected chi connectivity index (χ4v) is 3.16. The van der Waals surface area contributed by atoms with E-state index in [1.54, 1.807) is 27.2 Å². The van der Waals surface area contributed by atoms with Gasteiger partial charge in [-0.05, 0) is 31.5 Å². The maximum Gasteiger partial charge on any atom is 0.330 e. The second kappa shape index (κ2) is 11.8. The van der Waals surface area contributed by atoms with Crippen LogP contribution in [0.1, 0.15) is 32.8 Å². The van der Waals surface area contributed by atoms with E-state index in [1.807, 2.05) is 37.3 Å². The topological polar surface area (TPSA) is 63.2 Å². The Hall–Kier alpha value is -2.15. The average Bonchev–Trinajstić information content (AvgIpc) is 2.73. The summed E-state index contributed by atoms with van der Waals surface area (Å²) in [7, 11) is 3.28. The van der Waals surface area contributed by atoms with Gasteiger partial charge in [-0.15, -0.1) is 0 Å². The molecule has 2 rings (SSSR count). The molecule has 0 aromatic heterocycles. The van der Waals surface area contributed by atoms with E-state index in [2.05, 4.69) is 6.92 Å². The number of allylic oxidation sites excluding steroid dienone is 2. The second-order valence-corrected chi connectivity index (χ2v) is 7.05. The molecule has 1 aromatic carbocycles. The maximum atomic E-state index is 11.5. The lowest BCUT2D eigenvalue weighted by molar-refractivity contribution is -0.221. The average molecular weight is 405 g/mol. The Morgan fingerprint density at radius 2 is 1.93 bits per heavy atom. The summed E-state index contributed by atoms with van der Waals surface area (Å²) in [6.45, 7) is 6.68. The summed E-state index contributed by atoms with van der Waals surface area (Å²) < 4.78 is 27.8. The predicted octanol–water partition coefficient (Wildman–Crippen LogP) is 4.04. The number of esters is 1. The highest BCUT2D eigenvalue weighted by Crippen LogP contribution is 2.30. The van der Waals surface area contributed by atoms with Gasteiger partial charge < -0.3 is 23.7 Å². The van der Waals surface area contributed by atoms with Crippen molar-refractivity contribution in [1.82, 2.24) is 0 Å². The summed E-state index contributed by atoms with van der Waals surface area (Å²) in [5, 5.41) is 0. The molecule has 1 aliphatic heterocycles. The molecule has 1 heterocycles. The first-order chi connectivity index (χ1) is 14.0. The van der Waals surface area contributed by atoms with Crippen LogP contribution in [-0.4, -0.2) is 45.3 Å². The van der Waals surface area contributed by atoms with Gasteiger partial charge in [0.1, 0.15) is 5.75 Å². The van der Waals surface area contributed by atoms with Crippen LogP contribution in [0.4, 0.5) is 0 Å². The molecule has 0 spiro atoms. The van der Waals surface area contributed by atoms with Gasteiger partial charge in [-0.3, -0.25) is 0 Å². The number of carbonyl (C=O) groups is 1. The molecule has 1 saturated heterocycles. The summed E-state index contributed by atoms with van der Waals surface area (Å²) in [6, 6.07) is 7.85. The number of rotatable bonds is 9. The van der Waals surface area contributed by atoms with Crippen molar-refractivity contribution in [2.24, 2.45) is 5.92 Å². The molecule has 29 heavy (non-hydrogen) atoms. The Morgan fingerprint density at radius 1 is 1.21 bits per heavy atom. The fraction of sp³-hybridized carbons (Fsp3) is 0.522. The number of methoxy groups -OCH3 is 2. The minimum atomic E-state index is -0.353. The molecule has 0 N–H and O–H groups in total. The number of carbonyl (C=O) groups excluding carboxylic acids is 1. The molecule has 1 aromatic rings. The van der Waals surface area contributed by atoms with E-state index in [0.717, 1.165) is 16.9 Å². The largest absolute Gasteiger partial charge is 0.497 e. The molecule has 1 aliphatic rings. The summed E-state index contributed by atoms with van der Waals surface area (Å²) in [5.74, 6) is 0.600. The predicted molar refractivity (Wildman–Crippen MR) is 111 cm³/mol. The molecule has 0 saturated carbocycles. The van der Waals surface area contributed by atoms with E-state index in [1.165, 1.54) is 6.08 Å². The third-order valence-electron chi connectivity index (χ3n) is 4.92. The van der Waals surface area contributed by atoms with Gasteiger partial charge in [0.25, 0.3) is 0 Å². The van der Waals surface area contributed by atoms with Gasteiger partial charge >= 0.3 is 5.97 Å². The van der Waals surface area contributed by atoms with Crippen molar-refractivity contribution in [2.75, 3.05) is 20.8 Å². The van der Waals surface area contributed by atoms with Crippen molar-refractivity contribution >= 4 is 5.97 Å². The first kappa shape index (κ1) is 23.1. The Kier molecular flexibility index (Phi) is 9.38. The minimum absolute atomic E-state index is 0.0149. The first-order valence-electron chi connectivity index (χ1n) is 9.92. The van der Waals surface area contributed by atoms with Crippen molar-refractivity contribution in [3.63, 3.8) is 0 Å². The van der Waals surface area contributed by atoms with Crippen LogP contribution in [0.5, 0.6) is 5.75 Å². The molecule has 0 bridgehead atoms. The van der Waals surface area contributed by atoms with Gasteiger partial charge in [0.2, 0.25) is 0 Å². The Morgan fingerprint density at radius 3 is 2.55 bits per heavy atom. The van der Waals surface area contributed by atoms with Crippen molar-refractivity contribution in [3.8, 4) is 5.75 Å². The van der Waals surface area contributed by atoms with Gasteiger partial charge in [0.05, 0.1) is 32.5 Å². The molecule has 0 aliphatic carbocycles. The highest BCUT2D eigenvalue weighted by atomic mass is 16.7. The minimum Gasteiger partial charge on any atom is -0.497 e. The van der Waals surface area contributed by atoms with E-state index >= 15 is 0 Å². The lowest BCUT2D eigenvalue weighted by Gasteiger charge is -2.38. The van der Waals surface area contributed by atoms with Crippen LogP contribution in [0.3, 0.4) is 0 Å². The molecule has 0 amide bonds. The molecule has 1 fully saturated rings. The monoisotopic (exact) mass is 404 g/mol. The SMILES string of the molecule is CCOC(=O)/C=C/C(C)=C\[C@@H]1O[C@H](OC)C[C@@H](OCc2ccc(OC)cc2)[C@@H]1C. The third kappa shape index (κ3) is 7.31. The number of benzene rings is 1. The standard InChI is InChI=1S/C23H32O6/c1-6-27-22(24)12-7-16(2)13-21-17(3)20(14-23(26-5)29-21)28-15-18-8-10-19(25-4)11-9-18/h7-13,17,20-21,23H,6,14-15H2,1-5H3/b12-7+,16-13-/t17-,20+,21-,23-/m0/s1. The quantitative estimate of drug-likeness (QED) is 0.352. The number of hydrogen-bond donors (Lipinski definition) is 0. The zero-order chi connectivity index (χ0) is 21.2. The van der Waals surface area contributed by atoms with Crippen LogP contribution in [0.25, 0.3) is 0 Å². The smallest absolute Gasteiger partial charge is 0.330 e. The van der Waals surface area contributed by atoms with Crippen molar-refractivity contribution < 1.29 is 28.5 Å². The Bertz CT molecular complexity index is 694. The first-order valence-corrected chi connectivity index (χ1v) is 9.92. The summed E-state index contributed by atoms with van der Waals surface area (Å²) in [5.41, 5.74) is 2.00. The van der Waals surface area contributed by atoms with Crippen LogP contribution in [0.2, 0.25) is 0 Å². The van der Waals surface area contributed by atoms with E-state index in [-0.39, 0.29) is 30.4 Å². The van der Waals surface area contributed by atoms with Crippen LogP contribution >= 0.6 is 0 Å². The zero-order valence-corrected chi connectivity index (χ0v) is 17.9. The molecule has 0 radical (unpaired) electrons. The molecule has 6 heteroatoms. The van der Waals surface area contributed by atoms with Crippen molar-refractivity contribution in [2.45, 2.75) is 52.3 Å². The van der Waals surface area contributed by atoms with E-state index in [0.29, 0.717) is 19.6 Å².